The SMILES string of the molecule is Cc1csc(-c2ccc(NC(=O)CCCCCCN)cc2)n1. The Morgan fingerprint density at radius 1 is 1.18 bits per heavy atom. The number of nitrogens with two attached hydrogens (primary N) is 1. The average molecular weight is 317 g/mol. The van der Waals surface area contributed by atoms with E-state index in [0.717, 1.165) is 54.2 Å². The molecule has 2 aromatic rings. The molecule has 0 aliphatic carbocycles. The predicted octanol–water partition coefficient (Wildman–Crippen LogP) is 3.97. The van der Waals surface area contributed by atoms with E-state index >= 15 is 0 Å². The van der Waals surface area contributed by atoms with Crippen LogP contribution in [0.5, 0.6) is 0 Å². The van der Waals surface area contributed by atoms with Crippen LogP contribution in [0.3, 0.4) is 0 Å². The molecule has 2 rings (SSSR count). The van der Waals surface area contributed by atoms with Crippen molar-refractivity contribution >= 4 is 22.9 Å². The first-order valence-electron chi connectivity index (χ1n) is 7.71. The Morgan fingerprint density at radius 2 is 1.91 bits per heavy atom. The topological polar surface area (TPSA) is 68.0 Å². The summed E-state index contributed by atoms with van der Waals surface area (Å²) in [6, 6.07) is 7.85. The van der Waals surface area contributed by atoms with Gasteiger partial charge in [0.2, 0.25) is 5.91 Å². The molecule has 1 aromatic heterocycles. The molecule has 22 heavy (non-hydrogen) atoms. The standard InChI is InChI=1S/C17H23N3OS/c1-13-12-22-17(19-13)14-7-9-15(10-8-14)20-16(21)6-4-2-3-5-11-18/h7-10,12H,2-6,11,18H2,1H3,(H,20,21). The van der Waals surface area contributed by atoms with E-state index in [1.807, 2.05) is 36.6 Å². The van der Waals surface area contributed by atoms with Crippen molar-refractivity contribution in [1.29, 1.82) is 0 Å². The minimum Gasteiger partial charge on any atom is -0.330 e. The van der Waals surface area contributed by atoms with E-state index in [0.29, 0.717) is 6.42 Å². The number of anilines is 1. The molecule has 3 N–H and O–H groups in total. The van der Waals surface area contributed by atoms with Gasteiger partial charge in [0.15, 0.2) is 0 Å². The zero-order valence-corrected chi connectivity index (χ0v) is 13.8. The van der Waals surface area contributed by atoms with Crippen LogP contribution in [0, 0.1) is 6.92 Å². The molecular weight excluding hydrogens is 294 g/mol. The quantitative estimate of drug-likeness (QED) is 0.724. The van der Waals surface area contributed by atoms with Crippen LogP contribution in [0.15, 0.2) is 29.6 Å². The first-order valence-corrected chi connectivity index (χ1v) is 8.59. The summed E-state index contributed by atoms with van der Waals surface area (Å²) in [5.41, 5.74) is 8.40. The second kappa shape index (κ2) is 8.66. The van der Waals surface area contributed by atoms with Crippen LogP contribution in [0.4, 0.5) is 5.69 Å². The third-order valence-electron chi connectivity index (χ3n) is 3.39. The third kappa shape index (κ3) is 5.24. The fourth-order valence-corrected chi connectivity index (χ4v) is 2.99. The molecule has 0 unspecified atom stereocenters. The highest BCUT2D eigenvalue weighted by atomic mass is 32.1. The Kier molecular flexibility index (Phi) is 6.55. The van der Waals surface area contributed by atoms with Crippen molar-refractivity contribution in [3.05, 3.63) is 35.3 Å². The van der Waals surface area contributed by atoms with E-state index in [1.165, 1.54) is 0 Å². The number of nitrogens with zero attached hydrogens (tertiary/aromatic N) is 1. The lowest BCUT2D eigenvalue weighted by Crippen LogP contribution is -2.11. The molecule has 1 heterocycles. The number of thiazole rings is 1. The van der Waals surface area contributed by atoms with Crippen molar-refractivity contribution in [1.82, 2.24) is 4.98 Å². The van der Waals surface area contributed by atoms with Gasteiger partial charge in [0.05, 0.1) is 0 Å². The molecular formula is C17H23N3OS. The molecule has 5 heteroatoms. The molecule has 0 aliphatic heterocycles. The number of hydrogen-bond donors (Lipinski definition) is 2. The molecule has 0 fully saturated rings. The zero-order chi connectivity index (χ0) is 15.8. The van der Waals surface area contributed by atoms with E-state index in [1.54, 1.807) is 11.3 Å². The van der Waals surface area contributed by atoms with Crippen molar-refractivity contribution in [2.45, 2.75) is 39.0 Å². The van der Waals surface area contributed by atoms with Gasteiger partial charge in [-0.05, 0) is 50.6 Å². The smallest absolute Gasteiger partial charge is 0.224 e. The molecule has 0 saturated heterocycles. The molecule has 0 saturated carbocycles. The molecule has 4 nitrogen and oxygen atoms in total. The van der Waals surface area contributed by atoms with Gasteiger partial charge in [-0.25, -0.2) is 4.98 Å². The van der Waals surface area contributed by atoms with Gasteiger partial charge in [0, 0.05) is 28.7 Å². The van der Waals surface area contributed by atoms with Crippen LogP contribution in [-0.4, -0.2) is 17.4 Å². The number of carbonyl (C=O) groups is 1. The number of hydrogen-bond acceptors (Lipinski definition) is 4. The van der Waals surface area contributed by atoms with Crippen molar-refractivity contribution < 1.29 is 4.79 Å². The van der Waals surface area contributed by atoms with Crippen LogP contribution >= 0.6 is 11.3 Å². The Hall–Kier alpha value is -1.72. The predicted molar refractivity (Wildman–Crippen MR) is 93.1 cm³/mol. The summed E-state index contributed by atoms with van der Waals surface area (Å²) in [6.45, 7) is 2.72. The summed E-state index contributed by atoms with van der Waals surface area (Å²) in [5, 5.41) is 5.98. The summed E-state index contributed by atoms with van der Waals surface area (Å²) in [6.07, 6.45) is 4.69. The van der Waals surface area contributed by atoms with Gasteiger partial charge < -0.3 is 11.1 Å². The van der Waals surface area contributed by atoms with E-state index in [-0.39, 0.29) is 5.91 Å². The van der Waals surface area contributed by atoms with Gasteiger partial charge in [0.25, 0.3) is 0 Å². The van der Waals surface area contributed by atoms with Crippen molar-refractivity contribution in [2.24, 2.45) is 5.73 Å². The first-order chi connectivity index (χ1) is 10.7. The van der Waals surface area contributed by atoms with Gasteiger partial charge >= 0.3 is 0 Å². The third-order valence-corrected chi connectivity index (χ3v) is 4.40. The molecule has 0 aliphatic rings. The summed E-state index contributed by atoms with van der Waals surface area (Å²) in [4.78, 5) is 16.3. The fourth-order valence-electron chi connectivity index (χ4n) is 2.19. The van der Waals surface area contributed by atoms with Crippen LogP contribution in [0.25, 0.3) is 10.6 Å². The summed E-state index contributed by atoms with van der Waals surface area (Å²) >= 11 is 1.63. The van der Waals surface area contributed by atoms with E-state index in [9.17, 15) is 4.79 Å². The average Bonchev–Trinajstić information content (AvgIpc) is 2.94. The van der Waals surface area contributed by atoms with E-state index in [4.69, 9.17) is 5.73 Å². The van der Waals surface area contributed by atoms with Gasteiger partial charge in [-0.3, -0.25) is 4.79 Å². The maximum absolute atomic E-state index is 11.9. The molecule has 0 spiro atoms. The van der Waals surface area contributed by atoms with Crippen LogP contribution in [0.1, 0.15) is 37.8 Å². The number of amides is 1. The molecule has 0 bridgehead atoms. The van der Waals surface area contributed by atoms with Crippen molar-refractivity contribution in [3.63, 3.8) is 0 Å². The highest BCUT2D eigenvalue weighted by Gasteiger charge is 2.05. The molecule has 1 aromatic carbocycles. The minimum absolute atomic E-state index is 0.0746. The largest absolute Gasteiger partial charge is 0.330 e. The van der Waals surface area contributed by atoms with Crippen LogP contribution in [0.2, 0.25) is 0 Å². The number of benzene rings is 1. The van der Waals surface area contributed by atoms with E-state index < -0.39 is 0 Å². The highest BCUT2D eigenvalue weighted by molar-refractivity contribution is 7.13. The minimum atomic E-state index is 0.0746. The maximum Gasteiger partial charge on any atom is 0.224 e. The number of nitrogens with one attached hydrogen (secondary N) is 1. The normalized spacial score (nSPS) is 10.6. The number of rotatable bonds is 8. The molecule has 0 atom stereocenters. The summed E-state index contributed by atoms with van der Waals surface area (Å²) in [5.74, 6) is 0.0746. The van der Waals surface area contributed by atoms with Gasteiger partial charge in [-0.1, -0.05) is 12.8 Å². The Bertz CT molecular complexity index is 592. The monoisotopic (exact) mass is 317 g/mol. The Labute approximate surface area is 135 Å². The lowest BCUT2D eigenvalue weighted by Gasteiger charge is -2.06. The van der Waals surface area contributed by atoms with Crippen LogP contribution in [-0.2, 0) is 4.79 Å². The van der Waals surface area contributed by atoms with E-state index in [2.05, 4.69) is 10.3 Å². The number of aromatic nitrogens is 1. The van der Waals surface area contributed by atoms with Gasteiger partial charge in [-0.2, -0.15) is 0 Å². The molecule has 1 amide bonds. The Morgan fingerprint density at radius 3 is 2.55 bits per heavy atom. The van der Waals surface area contributed by atoms with Crippen LogP contribution < -0.4 is 11.1 Å². The van der Waals surface area contributed by atoms with Crippen molar-refractivity contribution in [3.8, 4) is 10.6 Å². The second-order valence-electron chi connectivity index (χ2n) is 5.37. The number of carbonyl (C=O) groups excluding carboxylic acids is 1. The van der Waals surface area contributed by atoms with Crippen molar-refractivity contribution in [2.75, 3.05) is 11.9 Å². The summed E-state index contributed by atoms with van der Waals surface area (Å²) in [7, 11) is 0. The Balaban J connectivity index is 1.79. The highest BCUT2D eigenvalue weighted by Crippen LogP contribution is 2.24. The number of aryl methyl sites for hydroxylation is 1. The van der Waals surface area contributed by atoms with Gasteiger partial charge in [0.1, 0.15) is 5.01 Å². The number of unbranched alkanes of at least 4 members (excludes halogenated alkanes) is 3. The molecule has 0 radical (unpaired) electrons. The first kappa shape index (κ1) is 16.6. The zero-order valence-electron chi connectivity index (χ0n) is 13.0. The summed E-state index contributed by atoms with van der Waals surface area (Å²) < 4.78 is 0. The lowest BCUT2D eigenvalue weighted by molar-refractivity contribution is -0.116. The maximum atomic E-state index is 11.9. The second-order valence-corrected chi connectivity index (χ2v) is 6.23. The molecule has 118 valence electrons. The van der Waals surface area contributed by atoms with Gasteiger partial charge in [-0.15, -0.1) is 11.3 Å². The fraction of sp³-hybridized carbons (Fsp3) is 0.412. The lowest BCUT2D eigenvalue weighted by atomic mass is 10.1.